The van der Waals surface area contributed by atoms with E-state index in [0.717, 1.165) is 25.8 Å². The molecule has 270 valence electrons. The van der Waals surface area contributed by atoms with Crippen molar-refractivity contribution in [2.24, 2.45) is 0 Å². The molecule has 0 atom stereocenters. The molecule has 0 radical (unpaired) electrons. The van der Waals surface area contributed by atoms with E-state index in [0.29, 0.717) is 0 Å². The molecule has 4 heteroatoms. The largest absolute Gasteiger partial charge is 1.00 e. The molecular formula is C42H84KNO2. The van der Waals surface area contributed by atoms with E-state index in [-0.39, 0.29) is 57.8 Å². The van der Waals surface area contributed by atoms with Crippen LogP contribution >= 0.6 is 0 Å². The number of carboxylic acids is 1. The van der Waals surface area contributed by atoms with Gasteiger partial charge in [-0.3, -0.25) is 0 Å². The van der Waals surface area contributed by atoms with E-state index in [1.807, 2.05) is 0 Å². The third-order valence-corrected chi connectivity index (χ3v) is 10.0. The molecule has 0 N–H and O–H groups in total. The molecule has 0 unspecified atom stereocenters. The molecule has 0 bridgehead atoms. The van der Waals surface area contributed by atoms with Gasteiger partial charge in [0, 0.05) is 5.97 Å². The fraction of sp³-hybridized carbons (Fsp3) is 0.976. The maximum absolute atomic E-state index is 10.7. The average Bonchev–Trinajstić information content (AvgIpc) is 3.03. The van der Waals surface area contributed by atoms with Crippen LogP contribution in [0.25, 0.3) is 0 Å². The average molecular weight is 674 g/mol. The van der Waals surface area contributed by atoms with E-state index in [4.69, 9.17) is 0 Å². The Bertz CT molecular complexity index is 522. The molecule has 0 saturated heterocycles. The Hall–Kier alpha value is 1.07. The summed E-state index contributed by atoms with van der Waals surface area (Å²) in [6.45, 7) is 8.21. The number of rotatable bonds is 40. The maximum atomic E-state index is 10.7. The van der Waals surface area contributed by atoms with Crippen LogP contribution in [0.2, 0.25) is 0 Å². The number of hydrogen-bond acceptors (Lipinski definition) is 3. The minimum absolute atomic E-state index is 0. The van der Waals surface area contributed by atoms with Crippen molar-refractivity contribution in [2.75, 3.05) is 19.6 Å². The van der Waals surface area contributed by atoms with Crippen molar-refractivity contribution in [3.63, 3.8) is 0 Å². The van der Waals surface area contributed by atoms with Crippen molar-refractivity contribution < 1.29 is 61.3 Å². The third kappa shape index (κ3) is 43.1. The molecule has 0 rings (SSSR count). The Balaban J connectivity index is 0. The first-order chi connectivity index (χ1) is 22.2. The third-order valence-electron chi connectivity index (χ3n) is 10.0. The van der Waals surface area contributed by atoms with Crippen LogP contribution in [0, 0.1) is 0 Å². The fourth-order valence-corrected chi connectivity index (χ4v) is 6.88. The topological polar surface area (TPSA) is 43.4 Å². The second kappa shape index (κ2) is 44.1. The van der Waals surface area contributed by atoms with Crippen molar-refractivity contribution in [1.82, 2.24) is 4.90 Å². The minimum Gasteiger partial charge on any atom is -0.550 e. The van der Waals surface area contributed by atoms with Crippen LogP contribution in [0.5, 0.6) is 0 Å². The zero-order valence-electron chi connectivity index (χ0n) is 32.3. The normalized spacial score (nSPS) is 11.4. The molecule has 0 aliphatic carbocycles. The molecule has 0 aliphatic heterocycles. The van der Waals surface area contributed by atoms with E-state index >= 15 is 0 Å². The molecule has 0 amide bonds. The Morgan fingerprint density at radius 2 is 0.543 bits per heavy atom. The van der Waals surface area contributed by atoms with Crippen LogP contribution in [-0.2, 0) is 4.79 Å². The molecular weight excluding hydrogens is 590 g/mol. The first kappa shape index (κ1) is 49.2. The van der Waals surface area contributed by atoms with Gasteiger partial charge in [0.1, 0.15) is 0 Å². The van der Waals surface area contributed by atoms with Gasteiger partial charge < -0.3 is 14.8 Å². The summed E-state index contributed by atoms with van der Waals surface area (Å²) in [5.74, 6) is -0.895. The van der Waals surface area contributed by atoms with Crippen molar-refractivity contribution in [1.29, 1.82) is 0 Å². The summed E-state index contributed by atoms with van der Waals surface area (Å²) in [6, 6.07) is 0. The number of carboxylic acid groups (broad SMARTS) is 1. The molecule has 0 aromatic heterocycles. The van der Waals surface area contributed by atoms with E-state index in [1.54, 1.807) is 0 Å². The van der Waals surface area contributed by atoms with Gasteiger partial charge in [0.25, 0.3) is 0 Å². The van der Waals surface area contributed by atoms with Crippen molar-refractivity contribution in [2.45, 2.75) is 245 Å². The van der Waals surface area contributed by atoms with Crippen LogP contribution in [0.3, 0.4) is 0 Å². The van der Waals surface area contributed by atoms with Crippen LogP contribution in [0.4, 0.5) is 0 Å². The Morgan fingerprint density at radius 3 is 0.761 bits per heavy atom. The molecule has 3 nitrogen and oxygen atoms in total. The smallest absolute Gasteiger partial charge is 0.550 e. The zero-order valence-corrected chi connectivity index (χ0v) is 35.5. The van der Waals surface area contributed by atoms with Gasteiger partial charge >= 0.3 is 51.4 Å². The zero-order chi connectivity index (χ0) is 32.7. The Labute approximate surface area is 333 Å². The second-order valence-electron chi connectivity index (χ2n) is 14.6. The van der Waals surface area contributed by atoms with E-state index in [1.165, 1.54) is 219 Å². The predicted octanol–water partition coefficient (Wildman–Crippen LogP) is 10.1. The van der Waals surface area contributed by atoms with Gasteiger partial charge in [-0.15, -0.1) is 0 Å². The second-order valence-corrected chi connectivity index (χ2v) is 14.6. The van der Waals surface area contributed by atoms with E-state index in [9.17, 15) is 9.90 Å². The quantitative estimate of drug-likeness (QED) is 0.0480. The summed E-state index contributed by atoms with van der Waals surface area (Å²) in [5, 5.41) is 10.7. The number of unbranched alkanes of at least 4 members (excludes halogenated alkanes) is 32. The molecule has 0 aromatic carbocycles. The summed E-state index contributed by atoms with van der Waals surface area (Å²) < 4.78 is 0. The number of carbonyl (C=O) groups is 1. The summed E-state index contributed by atoms with van der Waals surface area (Å²) in [6.07, 6.45) is 48.7. The number of aliphatic carboxylic acids is 1. The van der Waals surface area contributed by atoms with Gasteiger partial charge in [-0.1, -0.05) is 213 Å². The van der Waals surface area contributed by atoms with Crippen molar-refractivity contribution >= 4 is 5.97 Å². The van der Waals surface area contributed by atoms with Gasteiger partial charge in [0.2, 0.25) is 0 Å². The Kier molecular flexibility index (Phi) is 47.1. The summed E-state index contributed by atoms with van der Waals surface area (Å²) in [7, 11) is 0. The van der Waals surface area contributed by atoms with Gasteiger partial charge in [0.05, 0.1) is 0 Å². The van der Waals surface area contributed by atoms with E-state index < -0.39 is 5.97 Å². The van der Waals surface area contributed by atoms with Crippen LogP contribution < -0.4 is 56.5 Å². The monoisotopic (exact) mass is 674 g/mol. The minimum atomic E-state index is -0.895. The predicted molar refractivity (Wildman–Crippen MR) is 199 cm³/mol. The van der Waals surface area contributed by atoms with E-state index in [2.05, 4.69) is 18.7 Å². The summed E-state index contributed by atoms with van der Waals surface area (Å²) >= 11 is 0. The summed E-state index contributed by atoms with van der Waals surface area (Å²) in [4.78, 5) is 13.4. The molecule has 0 saturated carbocycles. The molecule has 0 aromatic rings. The van der Waals surface area contributed by atoms with Crippen LogP contribution in [0.15, 0.2) is 0 Å². The van der Waals surface area contributed by atoms with Gasteiger partial charge in [0.15, 0.2) is 0 Å². The molecule has 0 fully saturated rings. The molecule has 46 heavy (non-hydrogen) atoms. The molecule has 0 aliphatic rings. The first-order valence-corrected chi connectivity index (χ1v) is 21.1. The van der Waals surface area contributed by atoms with Crippen LogP contribution in [0.1, 0.15) is 245 Å². The van der Waals surface area contributed by atoms with Gasteiger partial charge in [-0.2, -0.15) is 0 Å². The standard InChI is InChI=1S/C42H85NO2.K/c1-3-5-7-9-11-13-15-17-19-21-23-25-27-29-31-35-39-43(41-37-33-34-38-42(44)45)40-36-32-30-28-26-24-22-20-18-16-14-12-10-8-6-4-2;/h3-41H2,1-2H3,(H,44,45);/q;+1/p-1. The van der Waals surface area contributed by atoms with Crippen LogP contribution in [-0.4, -0.2) is 30.5 Å². The number of hydrogen-bond donors (Lipinski definition) is 0. The van der Waals surface area contributed by atoms with Gasteiger partial charge in [-0.05, 0) is 51.7 Å². The summed E-state index contributed by atoms with van der Waals surface area (Å²) in [5.41, 5.74) is 0. The SMILES string of the molecule is CCCCCCCCCCCCCCCCCCN(CCCCCCCCCCCCCCCCCC)CCCCCC(=O)[O-].[K+]. The number of carbonyl (C=O) groups excluding carboxylic acids is 1. The fourth-order valence-electron chi connectivity index (χ4n) is 6.88. The molecule has 0 spiro atoms. The number of nitrogens with zero attached hydrogens (tertiary/aromatic N) is 1. The first-order valence-electron chi connectivity index (χ1n) is 21.1. The molecule has 0 heterocycles. The Morgan fingerprint density at radius 1 is 0.348 bits per heavy atom. The van der Waals surface area contributed by atoms with Crippen molar-refractivity contribution in [3.8, 4) is 0 Å². The van der Waals surface area contributed by atoms with Crippen molar-refractivity contribution in [3.05, 3.63) is 0 Å². The maximum Gasteiger partial charge on any atom is 1.00 e. The van der Waals surface area contributed by atoms with Gasteiger partial charge in [-0.25, -0.2) is 0 Å².